The second-order valence-corrected chi connectivity index (χ2v) is 11.1. The largest absolute Gasteiger partial charge is 0.348 e. The van der Waals surface area contributed by atoms with Gasteiger partial charge in [0, 0.05) is 10.8 Å². The van der Waals surface area contributed by atoms with E-state index in [0.29, 0.717) is 10.8 Å². The van der Waals surface area contributed by atoms with Crippen LogP contribution in [0.15, 0.2) is 84.9 Å². The highest BCUT2D eigenvalue weighted by molar-refractivity contribution is 5.72. The van der Waals surface area contributed by atoms with Gasteiger partial charge in [-0.1, -0.05) is 84.9 Å². The van der Waals surface area contributed by atoms with Crippen LogP contribution < -0.4 is 0 Å². The number of ether oxygens (including phenoxy) is 1. The molecule has 2 spiro atoms. The van der Waals surface area contributed by atoms with Crippen LogP contribution in [0.2, 0.25) is 0 Å². The Bertz CT molecular complexity index is 1190. The van der Waals surface area contributed by atoms with Gasteiger partial charge >= 0.3 is 0 Å². The average Bonchev–Trinajstić information content (AvgIpc) is 3.37. The molecule has 1 saturated heterocycles. The third-order valence-corrected chi connectivity index (χ3v) is 11.3. The molecule has 0 N–H and O–H groups in total. The predicted octanol–water partition coefficient (Wildman–Crippen LogP) is 5.35. The van der Waals surface area contributed by atoms with Gasteiger partial charge < -0.3 is 4.74 Å². The third kappa shape index (κ3) is 0.924. The lowest BCUT2D eigenvalue weighted by atomic mass is 9.56. The van der Waals surface area contributed by atoms with E-state index in [2.05, 4.69) is 84.9 Å². The summed E-state index contributed by atoms with van der Waals surface area (Å²) in [4.78, 5) is 0. The maximum absolute atomic E-state index is 7.72. The lowest BCUT2D eigenvalue weighted by molar-refractivity contribution is -0.0751. The van der Waals surface area contributed by atoms with E-state index in [4.69, 9.17) is 4.74 Å². The molecule has 4 bridgehead atoms. The number of hydrogen-bond donors (Lipinski definition) is 0. The van der Waals surface area contributed by atoms with Gasteiger partial charge in [0.15, 0.2) is 0 Å². The quantitative estimate of drug-likeness (QED) is 0.577. The molecule has 11 rings (SSSR count). The van der Waals surface area contributed by atoms with Gasteiger partial charge in [-0.25, -0.2) is 0 Å². The van der Waals surface area contributed by atoms with Gasteiger partial charge in [-0.15, -0.1) is 0 Å². The van der Waals surface area contributed by atoms with Crippen molar-refractivity contribution in [3.63, 3.8) is 0 Å². The summed E-state index contributed by atoms with van der Waals surface area (Å²) >= 11 is 0. The molecule has 2 aliphatic heterocycles. The molecule has 8 atom stereocenters. The van der Waals surface area contributed by atoms with E-state index in [-0.39, 0.29) is 11.2 Å². The van der Waals surface area contributed by atoms with E-state index in [1.54, 1.807) is 0 Å². The Morgan fingerprint density at radius 1 is 0.533 bits per heavy atom. The van der Waals surface area contributed by atoms with Crippen molar-refractivity contribution in [1.82, 2.24) is 0 Å². The molecule has 0 radical (unpaired) electrons. The highest BCUT2D eigenvalue weighted by atomic mass is 16.5. The van der Waals surface area contributed by atoms with Crippen LogP contribution in [0, 0.1) is 46.3 Å². The second kappa shape index (κ2) is 3.82. The molecular formula is C29H22O. The highest BCUT2D eigenvalue weighted by Gasteiger charge is 3.14. The molecule has 30 heavy (non-hydrogen) atoms. The van der Waals surface area contributed by atoms with Crippen molar-refractivity contribution >= 4 is 0 Å². The highest BCUT2D eigenvalue weighted by Crippen LogP contribution is 3.14. The monoisotopic (exact) mass is 386 g/mol. The van der Waals surface area contributed by atoms with Crippen molar-refractivity contribution in [2.45, 2.75) is 17.6 Å². The summed E-state index contributed by atoms with van der Waals surface area (Å²) in [6, 6.07) is 32.0. The Balaban J connectivity index is 1.42. The third-order valence-electron chi connectivity index (χ3n) is 11.3. The molecule has 6 saturated carbocycles. The zero-order valence-electron chi connectivity index (χ0n) is 16.7. The minimum Gasteiger partial charge on any atom is -0.348 e. The molecule has 0 amide bonds. The Morgan fingerprint density at radius 3 is 1.37 bits per heavy atom. The molecule has 0 aromatic heterocycles. The Hall–Kier alpha value is -2.38. The molecule has 3 aromatic carbocycles. The summed E-state index contributed by atoms with van der Waals surface area (Å²) in [5, 5.41) is 0. The van der Waals surface area contributed by atoms with E-state index in [9.17, 15) is 0 Å². The van der Waals surface area contributed by atoms with Crippen molar-refractivity contribution in [2.75, 3.05) is 0 Å². The molecular weight excluding hydrogens is 364 g/mol. The summed E-state index contributed by atoms with van der Waals surface area (Å²) in [6.45, 7) is 0. The predicted molar refractivity (Wildman–Crippen MR) is 112 cm³/mol. The van der Waals surface area contributed by atoms with Crippen molar-refractivity contribution in [3.8, 4) is 0 Å². The van der Waals surface area contributed by atoms with Gasteiger partial charge in [0.1, 0.15) is 11.2 Å². The van der Waals surface area contributed by atoms with Gasteiger partial charge in [-0.05, 0) is 64.2 Å². The summed E-state index contributed by atoms with van der Waals surface area (Å²) in [5.74, 6) is 5.53. The summed E-state index contributed by atoms with van der Waals surface area (Å²) in [5.41, 5.74) is 5.94. The zero-order valence-corrected chi connectivity index (χ0v) is 16.7. The minimum atomic E-state index is -0.257. The Morgan fingerprint density at radius 2 is 0.933 bits per heavy atom. The number of hydrogen-bond acceptors (Lipinski definition) is 1. The standard InChI is InChI=1S/C29H22O/c1-3-9-16(10-4-1)28-20-13-7-8-14-21(20)29(30-28,17-11-5-2-6-12-17)27-24-18-15-19(25(24)27)23-22(18)26(23,27)28/h1-14,18-19,22-25H,15H2/t18?,19?,22-,23-,24+,25+,26?,27?,28+,29-. The van der Waals surface area contributed by atoms with E-state index in [1.165, 1.54) is 28.7 Å². The molecule has 2 unspecified atom stereocenters. The van der Waals surface area contributed by atoms with E-state index >= 15 is 0 Å². The topological polar surface area (TPSA) is 9.23 Å². The molecule has 1 heteroatoms. The fourth-order valence-electron chi connectivity index (χ4n) is 11.6. The molecule has 144 valence electrons. The lowest BCUT2D eigenvalue weighted by Crippen LogP contribution is -2.44. The van der Waals surface area contributed by atoms with E-state index in [1.807, 2.05) is 0 Å². The van der Waals surface area contributed by atoms with Crippen molar-refractivity contribution in [1.29, 1.82) is 0 Å². The SMILES string of the molecule is c1ccc([C@]23O[C@](c4ccccc4)(c4ccccc42)C24[C@H]5C6CC([C@@H]7[C@@H]6C723)[C@@H]54)cc1. The summed E-state index contributed by atoms with van der Waals surface area (Å²) in [7, 11) is 0. The number of rotatable bonds is 2. The van der Waals surface area contributed by atoms with Crippen LogP contribution in [0.3, 0.4) is 0 Å². The summed E-state index contributed by atoms with van der Waals surface area (Å²) < 4.78 is 7.72. The first-order valence-electron chi connectivity index (χ1n) is 11.8. The van der Waals surface area contributed by atoms with Crippen LogP contribution in [0.5, 0.6) is 0 Å². The van der Waals surface area contributed by atoms with Crippen LogP contribution in [0.1, 0.15) is 28.7 Å². The zero-order chi connectivity index (χ0) is 19.1. The van der Waals surface area contributed by atoms with Crippen LogP contribution in [0.4, 0.5) is 0 Å². The Labute approximate surface area is 176 Å². The summed E-state index contributed by atoms with van der Waals surface area (Å²) in [6.07, 6.45) is 1.51. The van der Waals surface area contributed by atoms with Crippen molar-refractivity contribution < 1.29 is 4.74 Å². The van der Waals surface area contributed by atoms with Crippen LogP contribution >= 0.6 is 0 Å². The normalized spacial score (nSPS) is 54.9. The molecule has 6 aliphatic carbocycles. The minimum absolute atomic E-state index is 0.257. The first-order valence-corrected chi connectivity index (χ1v) is 11.8. The maximum Gasteiger partial charge on any atom is 0.127 e. The molecule has 7 fully saturated rings. The van der Waals surface area contributed by atoms with Gasteiger partial charge in [0.2, 0.25) is 0 Å². The van der Waals surface area contributed by atoms with Gasteiger partial charge in [0.25, 0.3) is 0 Å². The second-order valence-electron chi connectivity index (χ2n) is 11.1. The van der Waals surface area contributed by atoms with Gasteiger partial charge in [-0.2, -0.15) is 0 Å². The van der Waals surface area contributed by atoms with Crippen LogP contribution in [-0.2, 0) is 15.9 Å². The maximum atomic E-state index is 7.72. The first-order chi connectivity index (χ1) is 14.9. The molecule has 1 nitrogen and oxygen atoms in total. The molecule has 8 aliphatic rings. The van der Waals surface area contributed by atoms with Crippen molar-refractivity contribution in [3.05, 3.63) is 107 Å². The molecule has 3 aromatic rings. The Kier molecular flexibility index (Phi) is 1.86. The van der Waals surface area contributed by atoms with Gasteiger partial charge in [0.05, 0.1) is 0 Å². The number of benzene rings is 3. The van der Waals surface area contributed by atoms with E-state index < -0.39 is 0 Å². The smallest absolute Gasteiger partial charge is 0.127 e. The average molecular weight is 386 g/mol. The van der Waals surface area contributed by atoms with Crippen molar-refractivity contribution in [2.24, 2.45) is 46.3 Å². The fraction of sp³-hybridized carbons (Fsp3) is 0.379. The van der Waals surface area contributed by atoms with Crippen LogP contribution in [0.25, 0.3) is 0 Å². The number of fused-ring (bicyclic) bond motifs is 5. The van der Waals surface area contributed by atoms with Gasteiger partial charge in [-0.3, -0.25) is 0 Å². The lowest BCUT2D eigenvalue weighted by Gasteiger charge is -2.42. The van der Waals surface area contributed by atoms with Crippen LogP contribution in [-0.4, -0.2) is 0 Å². The molecule has 2 heterocycles. The fourth-order valence-corrected chi connectivity index (χ4v) is 11.6. The van der Waals surface area contributed by atoms with E-state index in [0.717, 1.165) is 35.5 Å². The first kappa shape index (κ1) is 14.6.